The molecule has 0 spiro atoms. The molecule has 0 bridgehead atoms. The smallest absolute Gasteiger partial charge is 0.270 e. The first-order valence-corrected chi connectivity index (χ1v) is 8.51. The third-order valence-electron chi connectivity index (χ3n) is 3.68. The Hall–Kier alpha value is -2.76. The van der Waals surface area contributed by atoms with E-state index in [1.807, 2.05) is 13.0 Å². The minimum atomic E-state index is -0.206. The summed E-state index contributed by atoms with van der Waals surface area (Å²) in [5.74, 6) is 0.113. The maximum absolute atomic E-state index is 12.2. The average Bonchev–Trinajstić information content (AvgIpc) is 2.58. The number of Topliss-reactive ketones (excluding diaryl/α,β-unsaturated/α-hetero) is 1. The Labute approximate surface area is 148 Å². The lowest BCUT2D eigenvalue weighted by Gasteiger charge is -2.09. The van der Waals surface area contributed by atoms with Crippen molar-refractivity contribution in [3.8, 4) is 0 Å². The van der Waals surface area contributed by atoms with Crippen LogP contribution in [0.25, 0.3) is 0 Å². The van der Waals surface area contributed by atoms with Crippen LogP contribution in [-0.4, -0.2) is 28.2 Å². The molecule has 1 heterocycles. The molecule has 0 atom stereocenters. The minimum Gasteiger partial charge on any atom is -0.351 e. The Bertz CT molecular complexity index is 759. The van der Waals surface area contributed by atoms with E-state index in [4.69, 9.17) is 0 Å². The van der Waals surface area contributed by atoms with Crippen molar-refractivity contribution in [2.75, 3.05) is 11.9 Å². The van der Waals surface area contributed by atoms with Crippen molar-refractivity contribution >= 4 is 23.3 Å². The fourth-order valence-corrected chi connectivity index (χ4v) is 2.35. The molecule has 0 unspecified atom stereocenters. The number of rotatable bonds is 8. The van der Waals surface area contributed by atoms with E-state index in [-0.39, 0.29) is 11.7 Å². The zero-order valence-corrected chi connectivity index (χ0v) is 14.9. The van der Waals surface area contributed by atoms with Gasteiger partial charge in [-0.05, 0) is 38.5 Å². The van der Waals surface area contributed by atoms with Gasteiger partial charge in [0.25, 0.3) is 5.91 Å². The van der Waals surface area contributed by atoms with Crippen LogP contribution in [0.4, 0.5) is 11.6 Å². The summed E-state index contributed by atoms with van der Waals surface area (Å²) in [6.07, 6.45) is 3.15. The molecular weight excluding hydrogens is 316 g/mol. The van der Waals surface area contributed by atoms with Gasteiger partial charge in [0.15, 0.2) is 5.78 Å². The maximum atomic E-state index is 12.2. The predicted molar refractivity (Wildman–Crippen MR) is 98.4 cm³/mol. The van der Waals surface area contributed by atoms with Crippen LogP contribution in [0.1, 0.15) is 59.7 Å². The summed E-state index contributed by atoms with van der Waals surface area (Å²) in [5, 5.41) is 5.93. The van der Waals surface area contributed by atoms with Crippen LogP contribution in [0.15, 0.2) is 30.3 Å². The van der Waals surface area contributed by atoms with Crippen LogP contribution in [0, 0.1) is 6.92 Å². The van der Waals surface area contributed by atoms with E-state index in [2.05, 4.69) is 27.5 Å². The lowest BCUT2D eigenvalue weighted by Crippen LogP contribution is -2.25. The van der Waals surface area contributed by atoms with E-state index in [0.29, 0.717) is 35.1 Å². The molecule has 25 heavy (non-hydrogen) atoms. The van der Waals surface area contributed by atoms with E-state index in [9.17, 15) is 9.59 Å². The molecule has 132 valence electrons. The predicted octanol–water partition coefficient (Wildman–Crippen LogP) is 3.65. The van der Waals surface area contributed by atoms with Crippen molar-refractivity contribution in [2.45, 2.75) is 40.0 Å². The third-order valence-corrected chi connectivity index (χ3v) is 3.68. The van der Waals surface area contributed by atoms with Gasteiger partial charge < -0.3 is 10.6 Å². The molecule has 1 aromatic heterocycles. The van der Waals surface area contributed by atoms with Crippen LogP contribution in [0.2, 0.25) is 0 Å². The summed E-state index contributed by atoms with van der Waals surface area (Å²) in [4.78, 5) is 32.3. The highest BCUT2D eigenvalue weighted by molar-refractivity contribution is 5.95. The summed E-state index contributed by atoms with van der Waals surface area (Å²) in [6.45, 7) is 6.09. The number of anilines is 2. The molecule has 2 N–H and O–H groups in total. The molecule has 0 saturated carbocycles. The minimum absolute atomic E-state index is 0.0130. The van der Waals surface area contributed by atoms with Crippen molar-refractivity contribution in [1.82, 2.24) is 15.3 Å². The molecule has 2 aromatic rings. The Balaban J connectivity index is 2.11. The van der Waals surface area contributed by atoms with Gasteiger partial charge in [-0.2, -0.15) is 0 Å². The third kappa shape index (κ3) is 5.67. The number of amides is 1. The molecule has 0 fully saturated rings. The summed E-state index contributed by atoms with van der Waals surface area (Å²) < 4.78 is 0. The number of nitrogens with zero attached hydrogens (tertiary/aromatic N) is 2. The van der Waals surface area contributed by atoms with Crippen LogP contribution >= 0.6 is 0 Å². The highest BCUT2D eigenvalue weighted by atomic mass is 16.1. The molecular formula is C19H24N4O2. The Morgan fingerprint density at radius 1 is 1.12 bits per heavy atom. The molecule has 0 saturated heterocycles. The molecule has 0 aliphatic carbocycles. The van der Waals surface area contributed by atoms with Gasteiger partial charge in [0, 0.05) is 23.5 Å². The highest BCUT2D eigenvalue weighted by Crippen LogP contribution is 2.16. The normalized spacial score (nSPS) is 10.4. The molecule has 2 rings (SSSR count). The maximum Gasteiger partial charge on any atom is 0.270 e. The van der Waals surface area contributed by atoms with Crippen molar-refractivity contribution in [3.05, 3.63) is 47.3 Å². The topological polar surface area (TPSA) is 84.0 Å². The van der Waals surface area contributed by atoms with Crippen molar-refractivity contribution in [3.63, 3.8) is 0 Å². The SMILES string of the molecule is CCCCCNC(=O)c1cc(C)nc(Nc2cccc(C(C)=O)c2)n1. The van der Waals surface area contributed by atoms with Gasteiger partial charge in [-0.1, -0.05) is 31.9 Å². The van der Waals surface area contributed by atoms with Crippen LogP contribution in [-0.2, 0) is 0 Å². The van der Waals surface area contributed by atoms with Gasteiger partial charge >= 0.3 is 0 Å². The molecule has 1 aromatic carbocycles. The highest BCUT2D eigenvalue weighted by Gasteiger charge is 2.11. The summed E-state index contributed by atoms with van der Waals surface area (Å²) >= 11 is 0. The van der Waals surface area contributed by atoms with Crippen LogP contribution in [0.5, 0.6) is 0 Å². The van der Waals surface area contributed by atoms with Gasteiger partial charge in [0.05, 0.1) is 0 Å². The zero-order valence-electron chi connectivity index (χ0n) is 14.9. The Kier molecular flexibility index (Phi) is 6.62. The van der Waals surface area contributed by atoms with E-state index < -0.39 is 0 Å². The van der Waals surface area contributed by atoms with Crippen molar-refractivity contribution in [2.24, 2.45) is 0 Å². The largest absolute Gasteiger partial charge is 0.351 e. The molecule has 0 aliphatic rings. The monoisotopic (exact) mass is 340 g/mol. The number of ketones is 1. The van der Waals surface area contributed by atoms with Crippen molar-refractivity contribution < 1.29 is 9.59 Å². The van der Waals surface area contributed by atoms with Gasteiger partial charge in [0.2, 0.25) is 5.95 Å². The number of unbranched alkanes of at least 4 members (excludes halogenated alkanes) is 2. The average molecular weight is 340 g/mol. The van der Waals surface area contributed by atoms with Crippen molar-refractivity contribution in [1.29, 1.82) is 0 Å². The van der Waals surface area contributed by atoms with E-state index in [1.54, 1.807) is 24.3 Å². The lowest BCUT2D eigenvalue weighted by molar-refractivity contribution is 0.0947. The van der Waals surface area contributed by atoms with E-state index in [0.717, 1.165) is 19.3 Å². The quantitative estimate of drug-likeness (QED) is 0.566. The number of benzene rings is 1. The number of hydrogen-bond acceptors (Lipinski definition) is 5. The Morgan fingerprint density at radius 3 is 2.64 bits per heavy atom. The fourth-order valence-electron chi connectivity index (χ4n) is 2.35. The first-order chi connectivity index (χ1) is 12.0. The van der Waals surface area contributed by atoms with Gasteiger partial charge in [-0.25, -0.2) is 9.97 Å². The lowest BCUT2D eigenvalue weighted by atomic mass is 10.1. The Morgan fingerprint density at radius 2 is 1.92 bits per heavy atom. The number of nitrogens with one attached hydrogen (secondary N) is 2. The van der Waals surface area contributed by atoms with Gasteiger partial charge in [-0.3, -0.25) is 9.59 Å². The molecule has 6 nitrogen and oxygen atoms in total. The van der Waals surface area contributed by atoms with E-state index in [1.165, 1.54) is 6.92 Å². The molecule has 6 heteroatoms. The second-order valence-electron chi connectivity index (χ2n) is 5.94. The number of carbonyl (C=O) groups is 2. The number of carbonyl (C=O) groups excluding carboxylic acids is 2. The first-order valence-electron chi connectivity index (χ1n) is 8.51. The first kappa shape index (κ1) is 18.6. The second kappa shape index (κ2) is 8.92. The molecule has 0 aliphatic heterocycles. The van der Waals surface area contributed by atoms with Crippen LogP contribution in [0.3, 0.4) is 0 Å². The fraction of sp³-hybridized carbons (Fsp3) is 0.368. The number of aromatic nitrogens is 2. The van der Waals surface area contributed by atoms with Gasteiger partial charge in [0.1, 0.15) is 5.69 Å². The summed E-state index contributed by atoms with van der Waals surface area (Å²) in [5.41, 5.74) is 2.33. The zero-order chi connectivity index (χ0) is 18.2. The van der Waals surface area contributed by atoms with Gasteiger partial charge in [-0.15, -0.1) is 0 Å². The van der Waals surface area contributed by atoms with E-state index >= 15 is 0 Å². The standard InChI is InChI=1S/C19H24N4O2/c1-4-5-6-10-20-18(25)17-11-13(2)21-19(23-17)22-16-9-7-8-15(12-16)14(3)24/h7-9,11-12H,4-6,10H2,1-3H3,(H,20,25)(H,21,22,23). The molecule has 1 amide bonds. The summed E-state index contributed by atoms with van der Waals surface area (Å²) in [7, 11) is 0. The summed E-state index contributed by atoms with van der Waals surface area (Å²) in [6, 6.07) is 8.75. The number of hydrogen-bond donors (Lipinski definition) is 2. The second-order valence-corrected chi connectivity index (χ2v) is 5.94. The molecule has 0 radical (unpaired) electrons. The van der Waals surface area contributed by atoms with Crippen LogP contribution < -0.4 is 10.6 Å². The number of aryl methyl sites for hydroxylation is 1.